The first-order valence-corrected chi connectivity index (χ1v) is 15.1. The van der Waals surface area contributed by atoms with Crippen LogP contribution in [0.2, 0.25) is 0 Å². The summed E-state index contributed by atoms with van der Waals surface area (Å²) in [5.41, 5.74) is 3.45. The number of alkyl halides is 3. The van der Waals surface area contributed by atoms with Crippen LogP contribution >= 0.6 is 0 Å². The van der Waals surface area contributed by atoms with Gasteiger partial charge in [0.1, 0.15) is 0 Å². The summed E-state index contributed by atoms with van der Waals surface area (Å²) in [5, 5.41) is 3.81. The molecule has 0 unspecified atom stereocenters. The molecule has 1 aliphatic carbocycles. The van der Waals surface area contributed by atoms with Crippen LogP contribution in [0.3, 0.4) is 0 Å². The number of benzene rings is 3. The van der Waals surface area contributed by atoms with Gasteiger partial charge in [0.05, 0.1) is 16.2 Å². The van der Waals surface area contributed by atoms with Crippen molar-refractivity contribution in [1.29, 1.82) is 0 Å². The highest BCUT2D eigenvalue weighted by Crippen LogP contribution is 2.36. The number of amides is 1. The van der Waals surface area contributed by atoms with E-state index < -0.39 is 21.6 Å². The van der Waals surface area contributed by atoms with Crippen molar-refractivity contribution in [3.63, 3.8) is 0 Å². The minimum Gasteiger partial charge on any atom is -0.348 e. The number of nitrogens with zero attached hydrogens (tertiary/aromatic N) is 1. The first-order chi connectivity index (χ1) is 19.0. The molecule has 1 N–H and O–H groups in total. The van der Waals surface area contributed by atoms with Crippen LogP contribution in [0.25, 0.3) is 10.9 Å². The minimum atomic E-state index is -4.37. The monoisotopic (exact) mass is 568 g/mol. The highest BCUT2D eigenvalue weighted by molar-refractivity contribution is 7.91. The van der Waals surface area contributed by atoms with Gasteiger partial charge in [-0.1, -0.05) is 44.0 Å². The SMILES string of the molecule is CCS(=O)(=O)c1ccc(CNC(=O)c2ccc3c(c2)cc(Cc2ccc(C(F)(F)F)cc2)n3C2CCCC2)cc1. The normalized spacial score (nSPS) is 14.6. The Morgan fingerprint density at radius 3 is 2.20 bits per heavy atom. The third-order valence-electron chi connectivity index (χ3n) is 7.65. The second kappa shape index (κ2) is 11.1. The summed E-state index contributed by atoms with van der Waals surface area (Å²) in [7, 11) is -3.28. The molecule has 0 spiro atoms. The number of hydrogen-bond acceptors (Lipinski definition) is 3. The lowest BCUT2D eigenvalue weighted by molar-refractivity contribution is -0.137. The number of hydrogen-bond donors (Lipinski definition) is 1. The Morgan fingerprint density at radius 2 is 1.57 bits per heavy atom. The van der Waals surface area contributed by atoms with Crippen LogP contribution in [-0.4, -0.2) is 24.6 Å². The molecule has 1 aliphatic rings. The minimum absolute atomic E-state index is 0.0279. The predicted octanol–water partition coefficient (Wildman–Crippen LogP) is 7.09. The fourth-order valence-electron chi connectivity index (χ4n) is 5.45. The van der Waals surface area contributed by atoms with Gasteiger partial charge in [-0.15, -0.1) is 0 Å². The molecule has 1 saturated carbocycles. The van der Waals surface area contributed by atoms with Gasteiger partial charge in [0.2, 0.25) is 0 Å². The Morgan fingerprint density at radius 1 is 0.925 bits per heavy atom. The third kappa shape index (κ3) is 5.94. The Balaban J connectivity index is 1.36. The fraction of sp³-hybridized carbons (Fsp3) is 0.323. The maximum absolute atomic E-state index is 13.0. The zero-order valence-corrected chi connectivity index (χ0v) is 23.0. The summed E-state index contributed by atoms with van der Waals surface area (Å²) < 4.78 is 65.4. The lowest BCUT2D eigenvalue weighted by Crippen LogP contribution is -2.22. The molecule has 0 saturated heterocycles. The van der Waals surface area contributed by atoms with Gasteiger partial charge in [0.15, 0.2) is 9.84 Å². The van der Waals surface area contributed by atoms with Gasteiger partial charge in [-0.2, -0.15) is 13.2 Å². The zero-order chi connectivity index (χ0) is 28.5. The number of halogens is 3. The average Bonchev–Trinajstić information content (AvgIpc) is 3.59. The summed E-state index contributed by atoms with van der Waals surface area (Å²) in [6.45, 7) is 1.85. The van der Waals surface area contributed by atoms with E-state index in [0.717, 1.165) is 65.5 Å². The summed E-state index contributed by atoms with van der Waals surface area (Å²) in [4.78, 5) is 13.2. The van der Waals surface area contributed by atoms with Gasteiger partial charge >= 0.3 is 6.18 Å². The lowest BCUT2D eigenvalue weighted by atomic mass is 10.1. The van der Waals surface area contributed by atoms with E-state index in [9.17, 15) is 26.4 Å². The number of fused-ring (bicyclic) bond motifs is 1. The smallest absolute Gasteiger partial charge is 0.348 e. The summed E-state index contributed by atoms with van der Waals surface area (Å²) in [5.74, 6) is -0.217. The largest absolute Gasteiger partial charge is 0.416 e. The first-order valence-electron chi connectivity index (χ1n) is 13.4. The number of sulfone groups is 1. The maximum Gasteiger partial charge on any atom is 0.416 e. The van der Waals surface area contributed by atoms with Gasteiger partial charge < -0.3 is 9.88 Å². The van der Waals surface area contributed by atoms with E-state index in [2.05, 4.69) is 9.88 Å². The zero-order valence-electron chi connectivity index (χ0n) is 22.2. The number of carbonyl (C=O) groups is 1. The van der Waals surface area contributed by atoms with Gasteiger partial charge in [-0.25, -0.2) is 8.42 Å². The Hall–Kier alpha value is -3.59. The van der Waals surface area contributed by atoms with E-state index in [1.165, 1.54) is 12.1 Å². The molecule has 0 bridgehead atoms. The van der Waals surface area contributed by atoms with Crippen molar-refractivity contribution in [3.05, 3.63) is 101 Å². The van der Waals surface area contributed by atoms with E-state index >= 15 is 0 Å². The van der Waals surface area contributed by atoms with Crippen LogP contribution in [0.15, 0.2) is 77.7 Å². The predicted molar refractivity (Wildman–Crippen MR) is 149 cm³/mol. The van der Waals surface area contributed by atoms with Crippen molar-refractivity contribution in [2.75, 3.05) is 5.75 Å². The molecular weight excluding hydrogens is 537 g/mol. The van der Waals surface area contributed by atoms with Crippen LogP contribution in [0, 0.1) is 0 Å². The summed E-state index contributed by atoms with van der Waals surface area (Å²) in [6.07, 6.45) is 0.489. The van der Waals surface area contributed by atoms with Crippen molar-refractivity contribution >= 4 is 26.6 Å². The molecule has 5 nitrogen and oxygen atoms in total. The fourth-order valence-corrected chi connectivity index (χ4v) is 6.33. The number of nitrogens with one attached hydrogen (secondary N) is 1. The second-order valence-corrected chi connectivity index (χ2v) is 12.6. The molecule has 1 heterocycles. The molecular formula is C31H31F3N2O3S. The van der Waals surface area contributed by atoms with Crippen LogP contribution < -0.4 is 5.32 Å². The molecule has 3 aromatic carbocycles. The Kier molecular flexibility index (Phi) is 7.77. The lowest BCUT2D eigenvalue weighted by Gasteiger charge is -2.18. The quantitative estimate of drug-likeness (QED) is 0.247. The van der Waals surface area contributed by atoms with Gasteiger partial charge in [0, 0.05) is 41.2 Å². The van der Waals surface area contributed by atoms with E-state index in [-0.39, 0.29) is 23.1 Å². The molecule has 0 atom stereocenters. The maximum atomic E-state index is 13.0. The summed E-state index contributed by atoms with van der Waals surface area (Å²) in [6, 6.07) is 19.7. The molecule has 1 aromatic heterocycles. The number of rotatable bonds is 8. The Bertz CT molecular complexity index is 1620. The van der Waals surface area contributed by atoms with Crippen LogP contribution in [-0.2, 0) is 29.0 Å². The molecule has 4 aromatic rings. The van der Waals surface area contributed by atoms with Crippen molar-refractivity contribution in [1.82, 2.24) is 9.88 Å². The van der Waals surface area contributed by atoms with Gasteiger partial charge in [-0.05, 0) is 72.5 Å². The second-order valence-electron chi connectivity index (χ2n) is 10.3. The molecule has 210 valence electrons. The molecule has 0 radical (unpaired) electrons. The van der Waals surface area contributed by atoms with E-state index in [4.69, 9.17) is 0 Å². The molecule has 0 aliphatic heterocycles. The summed E-state index contributed by atoms with van der Waals surface area (Å²) >= 11 is 0. The number of carbonyl (C=O) groups excluding carboxylic acids is 1. The Labute approximate surface area is 231 Å². The standard InChI is InChI=1S/C31H31F3N2O3S/c1-2-40(38,39)28-14-9-22(10-15-28)20-35-30(37)23-11-16-29-24(18-23)19-27(36(29)26-5-3-4-6-26)17-21-7-12-25(13-8-21)31(32,33)34/h7-16,18-19,26H,2-6,17,20H2,1H3,(H,35,37). The van der Waals surface area contributed by atoms with Gasteiger partial charge in [-0.3, -0.25) is 4.79 Å². The first kappa shape index (κ1) is 28.0. The topological polar surface area (TPSA) is 68.2 Å². The van der Waals surface area contributed by atoms with Crippen LogP contribution in [0.4, 0.5) is 13.2 Å². The molecule has 1 fully saturated rings. The van der Waals surface area contributed by atoms with Gasteiger partial charge in [0.25, 0.3) is 5.91 Å². The molecule has 40 heavy (non-hydrogen) atoms. The number of aromatic nitrogens is 1. The van der Waals surface area contributed by atoms with E-state index in [1.807, 2.05) is 18.2 Å². The van der Waals surface area contributed by atoms with E-state index in [0.29, 0.717) is 18.0 Å². The van der Waals surface area contributed by atoms with Crippen LogP contribution in [0.5, 0.6) is 0 Å². The highest BCUT2D eigenvalue weighted by atomic mass is 32.2. The van der Waals surface area contributed by atoms with Crippen molar-refractivity contribution < 1.29 is 26.4 Å². The van der Waals surface area contributed by atoms with Crippen molar-refractivity contribution in [3.8, 4) is 0 Å². The molecule has 9 heteroatoms. The molecule has 5 rings (SSSR count). The average molecular weight is 569 g/mol. The van der Waals surface area contributed by atoms with Crippen LogP contribution in [0.1, 0.15) is 71.4 Å². The third-order valence-corrected chi connectivity index (χ3v) is 9.40. The van der Waals surface area contributed by atoms with Crippen molar-refractivity contribution in [2.45, 2.75) is 62.7 Å². The van der Waals surface area contributed by atoms with E-state index in [1.54, 1.807) is 37.3 Å². The highest BCUT2D eigenvalue weighted by Gasteiger charge is 2.30. The van der Waals surface area contributed by atoms with Crippen molar-refractivity contribution in [2.24, 2.45) is 0 Å². The molecule has 1 amide bonds.